The minimum atomic E-state index is -4.84. The van der Waals surface area contributed by atoms with Crippen molar-refractivity contribution >= 4 is 70.6 Å². The lowest BCUT2D eigenvalue weighted by molar-refractivity contribution is -0.138. The molecule has 4 unspecified atom stereocenters. The Hall–Kier alpha value is -5.09. The second-order valence-corrected chi connectivity index (χ2v) is 16.8. The van der Waals surface area contributed by atoms with Crippen molar-refractivity contribution in [2.45, 2.75) is 88.2 Å². The van der Waals surface area contributed by atoms with Crippen molar-refractivity contribution < 1.29 is 37.1 Å². The number of halogens is 4. The van der Waals surface area contributed by atoms with Crippen LogP contribution in [-0.2, 0) is 31.8 Å². The van der Waals surface area contributed by atoms with Gasteiger partial charge in [0.2, 0.25) is 17.7 Å². The van der Waals surface area contributed by atoms with Crippen molar-refractivity contribution in [2.75, 3.05) is 53.2 Å². The molecule has 4 fully saturated rings. The fraction of sp³-hybridized carbons (Fsp3) is 0.463. The Kier molecular flexibility index (Phi) is 12.3. The van der Waals surface area contributed by atoms with Crippen LogP contribution >= 0.6 is 24.2 Å². The van der Waals surface area contributed by atoms with Gasteiger partial charge in [0.25, 0.3) is 5.91 Å². The van der Waals surface area contributed by atoms with Gasteiger partial charge in [-0.15, -0.1) is 12.6 Å². The molecule has 318 valence electrons. The van der Waals surface area contributed by atoms with E-state index in [-0.39, 0.29) is 42.6 Å². The third-order valence-corrected chi connectivity index (χ3v) is 12.2. The second kappa shape index (κ2) is 17.1. The molecule has 7 rings (SSSR count). The first-order valence-corrected chi connectivity index (χ1v) is 20.6. The number of nitriles is 1. The van der Waals surface area contributed by atoms with Crippen LogP contribution in [0.5, 0.6) is 5.75 Å². The molecule has 2 aromatic carbocycles. The molecule has 60 heavy (non-hydrogen) atoms. The van der Waals surface area contributed by atoms with Gasteiger partial charge in [-0.3, -0.25) is 39.2 Å². The molecule has 1 aromatic heterocycles. The van der Waals surface area contributed by atoms with Crippen LogP contribution < -0.4 is 30.5 Å². The normalized spacial score (nSPS) is 23.1. The molecule has 0 aliphatic carbocycles. The van der Waals surface area contributed by atoms with Crippen LogP contribution in [0.4, 0.5) is 35.9 Å². The molecular formula is C41H45ClF3N9O5S. The summed E-state index contributed by atoms with van der Waals surface area (Å²) in [7, 11) is 0. The van der Waals surface area contributed by atoms with Crippen LogP contribution in [0.2, 0.25) is 5.02 Å². The molecule has 0 spiro atoms. The largest absolute Gasteiger partial charge is 0.492 e. The summed E-state index contributed by atoms with van der Waals surface area (Å²) in [5, 5.41) is 18.0. The Morgan fingerprint density at radius 3 is 2.45 bits per heavy atom. The number of rotatable bonds is 12. The Bertz CT molecular complexity index is 2230. The molecule has 5 heterocycles. The zero-order valence-electron chi connectivity index (χ0n) is 33.2. The average Bonchev–Trinajstić information content (AvgIpc) is 3.51. The van der Waals surface area contributed by atoms with Crippen LogP contribution in [0, 0.1) is 11.3 Å². The van der Waals surface area contributed by atoms with Gasteiger partial charge in [-0.25, -0.2) is 4.98 Å². The summed E-state index contributed by atoms with van der Waals surface area (Å²) in [6.07, 6.45) is -0.623. The Balaban J connectivity index is 0.936. The van der Waals surface area contributed by atoms with Gasteiger partial charge in [0.15, 0.2) is 11.2 Å². The molecule has 0 saturated carbocycles. The maximum Gasteiger partial charge on any atom is 0.419 e. The van der Waals surface area contributed by atoms with Crippen LogP contribution in [-0.4, -0.2) is 100 Å². The molecule has 0 radical (unpaired) electrons. The number of carbonyl (C=O) groups is 4. The van der Waals surface area contributed by atoms with Crippen LogP contribution in [0.25, 0.3) is 0 Å². The number of piperidine rings is 1. The number of aryl methyl sites for hydroxylation is 1. The summed E-state index contributed by atoms with van der Waals surface area (Å²) in [6, 6.07) is 12.6. The number of benzene rings is 2. The lowest BCUT2D eigenvalue weighted by atomic mass is 10.0. The number of thiol groups is 1. The van der Waals surface area contributed by atoms with E-state index in [1.54, 1.807) is 43.0 Å². The van der Waals surface area contributed by atoms with Gasteiger partial charge in [0.1, 0.15) is 30.0 Å². The highest BCUT2D eigenvalue weighted by Crippen LogP contribution is 2.43. The number of hydrogen-bond acceptors (Lipinski definition) is 12. The highest BCUT2D eigenvalue weighted by atomic mass is 35.5. The number of nitrogens with one attached hydrogen (secondary N) is 3. The smallest absolute Gasteiger partial charge is 0.419 e. The maximum absolute atomic E-state index is 13.8. The van der Waals surface area contributed by atoms with Crippen molar-refractivity contribution in [2.24, 2.45) is 0 Å². The predicted molar refractivity (Wildman–Crippen MR) is 222 cm³/mol. The highest BCUT2D eigenvalue weighted by Gasteiger charge is 2.52. The van der Waals surface area contributed by atoms with Gasteiger partial charge in [-0.05, 0) is 87.6 Å². The Morgan fingerprint density at radius 1 is 1.07 bits per heavy atom. The molecule has 3 aromatic rings. The number of anilines is 4. The molecule has 4 amide bonds. The van der Waals surface area contributed by atoms with Gasteiger partial charge in [-0.2, -0.15) is 18.4 Å². The summed E-state index contributed by atoms with van der Waals surface area (Å²) < 4.78 is 47.6. The molecule has 4 atom stereocenters. The second-order valence-electron chi connectivity index (χ2n) is 15.9. The number of likely N-dealkylation sites (tertiary alicyclic amines) is 1. The number of hydrogen-bond donors (Lipinski definition) is 4. The topological polar surface area (TPSA) is 163 Å². The van der Waals surface area contributed by atoms with Crippen molar-refractivity contribution in [3.05, 3.63) is 70.5 Å². The van der Waals surface area contributed by atoms with E-state index in [1.165, 1.54) is 6.07 Å². The number of fused-ring (bicyclic) bond motifs is 2. The van der Waals surface area contributed by atoms with Gasteiger partial charge < -0.3 is 20.3 Å². The fourth-order valence-corrected chi connectivity index (χ4v) is 9.48. The number of pyridine rings is 1. The number of carbonyl (C=O) groups excluding carboxylic acids is 4. The third kappa shape index (κ3) is 8.85. The van der Waals surface area contributed by atoms with Crippen molar-refractivity contribution in [3.8, 4) is 11.8 Å². The van der Waals surface area contributed by atoms with E-state index in [0.717, 1.165) is 48.7 Å². The lowest BCUT2D eigenvalue weighted by Gasteiger charge is -2.40. The monoisotopic (exact) mass is 867 g/mol. The van der Waals surface area contributed by atoms with E-state index in [9.17, 15) is 37.6 Å². The molecule has 3 N–H and O–H groups in total. The minimum Gasteiger partial charge on any atom is -0.492 e. The number of imide groups is 1. The number of aromatic nitrogens is 1. The van der Waals surface area contributed by atoms with E-state index >= 15 is 0 Å². The molecule has 19 heteroatoms. The number of alkyl halides is 3. The molecule has 2 bridgehead atoms. The van der Waals surface area contributed by atoms with Crippen molar-refractivity contribution in [3.63, 3.8) is 0 Å². The van der Waals surface area contributed by atoms with E-state index in [0.29, 0.717) is 53.8 Å². The van der Waals surface area contributed by atoms with Crippen LogP contribution in [0.1, 0.15) is 63.3 Å². The predicted octanol–water partition coefficient (Wildman–Crippen LogP) is 5.42. The number of nitrogens with zero attached hydrogens (tertiary/aromatic N) is 6. The van der Waals surface area contributed by atoms with E-state index in [2.05, 4.69) is 30.7 Å². The van der Waals surface area contributed by atoms with Crippen LogP contribution in [0.15, 0.2) is 48.7 Å². The molecular weight excluding hydrogens is 823 g/mol. The summed E-state index contributed by atoms with van der Waals surface area (Å²) in [4.78, 5) is 61.9. The summed E-state index contributed by atoms with van der Waals surface area (Å²) in [5.74, 6) is -0.682. The molecule has 4 aliphatic rings. The molecule has 4 aliphatic heterocycles. The Labute approximate surface area is 355 Å². The standard InChI is InChI=1S/C41H45ClF3N9O5S/c1-4-23-13-27(54-39(60)53(38(58)40(54,2)3)30-17-31(41(43,44)45)33(18-46)47-19-30)7-9-34(23)59-12-11-51-20-28-5-6-29(21-51)52(28)22-36(56)49-26-15-24(42)14-25(16-26)48-32-8-10-35(55)50-37(32)57/h7,9,13-17,19,28-29,32,39,48,60H,4-6,8,10-12,20-22H2,1-3H3,(H,49,56)(H,50,55,57). The van der Waals surface area contributed by atoms with Crippen LogP contribution in [0.3, 0.4) is 0 Å². The van der Waals surface area contributed by atoms with E-state index in [4.69, 9.17) is 29.0 Å². The highest BCUT2D eigenvalue weighted by molar-refractivity contribution is 7.81. The molecule has 14 nitrogen and oxygen atoms in total. The summed E-state index contributed by atoms with van der Waals surface area (Å²) in [5.41, 5.74) is -1.73. The van der Waals surface area contributed by atoms with Gasteiger partial charge in [-0.1, -0.05) is 18.5 Å². The first-order chi connectivity index (χ1) is 28.5. The van der Waals surface area contributed by atoms with Crippen molar-refractivity contribution in [1.82, 2.24) is 20.1 Å². The van der Waals surface area contributed by atoms with E-state index < -0.39 is 46.3 Å². The van der Waals surface area contributed by atoms with Crippen molar-refractivity contribution in [1.29, 1.82) is 5.26 Å². The number of amides is 4. The number of piperazine rings is 1. The lowest BCUT2D eigenvalue weighted by Crippen LogP contribution is -2.56. The maximum atomic E-state index is 13.8. The first kappa shape index (κ1) is 43.0. The zero-order valence-corrected chi connectivity index (χ0v) is 34.8. The quantitative estimate of drug-likeness (QED) is 0.136. The van der Waals surface area contributed by atoms with Gasteiger partial charge in [0, 0.05) is 60.2 Å². The zero-order chi connectivity index (χ0) is 43.1. The third-order valence-electron chi connectivity index (χ3n) is 11.5. The van der Waals surface area contributed by atoms with Gasteiger partial charge >= 0.3 is 6.18 Å². The van der Waals surface area contributed by atoms with Gasteiger partial charge in [0.05, 0.1) is 24.0 Å². The fourth-order valence-electron chi connectivity index (χ4n) is 8.58. The SMILES string of the molecule is CCc1cc(N2C(S)N(c3cnc(C#N)c(C(F)(F)F)c3)C(=O)C2(C)C)ccc1OCCN1CC2CCC(C1)N2CC(=O)Nc1cc(Cl)cc(NC2CCC(=O)NC2=O)c1. The van der Waals surface area contributed by atoms with E-state index in [1.807, 2.05) is 19.1 Å². The number of ether oxygens (including phenoxy) is 1. The summed E-state index contributed by atoms with van der Waals surface area (Å²) >= 11 is 11.1. The minimum absolute atomic E-state index is 0.121. The average molecular weight is 868 g/mol. The first-order valence-electron chi connectivity index (χ1n) is 19.7. The Morgan fingerprint density at radius 2 is 1.78 bits per heavy atom. The molecule has 4 saturated heterocycles. The summed E-state index contributed by atoms with van der Waals surface area (Å²) in [6.45, 7) is 8.20.